The third-order valence-corrected chi connectivity index (χ3v) is 3.64. The molecule has 0 spiro atoms. The Kier molecular flexibility index (Phi) is 4.89. The Bertz CT molecular complexity index is 922. The molecule has 6 heteroatoms. The SMILES string of the molecule is Cc1ccccc1N=Nc1ccc(NC(=O)c2cnccn2)c(C)c1. The number of hydrogen-bond acceptors (Lipinski definition) is 5. The molecule has 0 fully saturated rings. The first-order chi connectivity index (χ1) is 12.1. The van der Waals surface area contributed by atoms with Gasteiger partial charge in [0.2, 0.25) is 0 Å². The average molecular weight is 331 g/mol. The largest absolute Gasteiger partial charge is 0.320 e. The first kappa shape index (κ1) is 16.4. The van der Waals surface area contributed by atoms with Crippen LogP contribution in [-0.2, 0) is 0 Å². The number of carbonyl (C=O) groups is 1. The van der Waals surface area contributed by atoms with Gasteiger partial charge in [-0.25, -0.2) is 4.98 Å². The molecule has 3 rings (SSSR count). The number of aromatic nitrogens is 2. The van der Waals surface area contributed by atoms with Crippen LogP contribution in [0.2, 0.25) is 0 Å². The quantitative estimate of drug-likeness (QED) is 0.700. The molecule has 6 nitrogen and oxygen atoms in total. The number of benzene rings is 2. The van der Waals surface area contributed by atoms with Crippen LogP contribution >= 0.6 is 0 Å². The first-order valence-electron chi connectivity index (χ1n) is 7.79. The number of aryl methyl sites for hydroxylation is 2. The number of anilines is 1. The van der Waals surface area contributed by atoms with Gasteiger partial charge in [-0.05, 0) is 49.2 Å². The lowest BCUT2D eigenvalue weighted by molar-refractivity contribution is 0.102. The topological polar surface area (TPSA) is 79.6 Å². The van der Waals surface area contributed by atoms with Crippen molar-refractivity contribution in [3.8, 4) is 0 Å². The van der Waals surface area contributed by atoms with Crippen molar-refractivity contribution in [2.24, 2.45) is 10.2 Å². The monoisotopic (exact) mass is 331 g/mol. The molecule has 0 radical (unpaired) electrons. The van der Waals surface area contributed by atoms with Gasteiger partial charge in [-0.3, -0.25) is 9.78 Å². The molecule has 3 aromatic rings. The Morgan fingerprint density at radius 3 is 2.56 bits per heavy atom. The summed E-state index contributed by atoms with van der Waals surface area (Å²) < 4.78 is 0. The van der Waals surface area contributed by atoms with Crippen LogP contribution in [0.1, 0.15) is 21.6 Å². The molecule has 0 aliphatic heterocycles. The van der Waals surface area contributed by atoms with Gasteiger partial charge in [0.05, 0.1) is 17.6 Å². The number of nitrogens with zero attached hydrogens (tertiary/aromatic N) is 4. The maximum Gasteiger partial charge on any atom is 0.275 e. The van der Waals surface area contributed by atoms with Crippen molar-refractivity contribution < 1.29 is 4.79 Å². The second-order valence-electron chi connectivity index (χ2n) is 5.53. The molecule has 2 aromatic carbocycles. The zero-order valence-corrected chi connectivity index (χ0v) is 14.0. The van der Waals surface area contributed by atoms with Crippen LogP contribution in [0.25, 0.3) is 0 Å². The maximum absolute atomic E-state index is 12.1. The summed E-state index contributed by atoms with van der Waals surface area (Å²) in [7, 11) is 0. The summed E-state index contributed by atoms with van der Waals surface area (Å²) in [5.74, 6) is -0.300. The Morgan fingerprint density at radius 1 is 1.00 bits per heavy atom. The van der Waals surface area contributed by atoms with Crippen LogP contribution in [0, 0.1) is 13.8 Å². The Labute approximate surface area is 145 Å². The standard InChI is InChI=1S/C19H17N5O/c1-13-5-3-4-6-17(13)24-23-15-7-8-16(14(2)11-15)22-19(25)18-12-20-9-10-21-18/h3-12H,1-2H3,(H,22,25). The number of rotatable bonds is 4. The second-order valence-corrected chi connectivity index (χ2v) is 5.53. The van der Waals surface area contributed by atoms with Gasteiger partial charge in [-0.2, -0.15) is 10.2 Å². The van der Waals surface area contributed by atoms with E-state index in [-0.39, 0.29) is 11.6 Å². The van der Waals surface area contributed by atoms with Gasteiger partial charge in [-0.1, -0.05) is 18.2 Å². The van der Waals surface area contributed by atoms with Crippen LogP contribution in [0.4, 0.5) is 17.1 Å². The highest BCUT2D eigenvalue weighted by atomic mass is 16.1. The highest BCUT2D eigenvalue weighted by Gasteiger charge is 2.09. The van der Waals surface area contributed by atoms with E-state index in [9.17, 15) is 4.79 Å². The number of nitrogens with one attached hydrogen (secondary N) is 1. The van der Waals surface area contributed by atoms with E-state index < -0.39 is 0 Å². The number of azo groups is 1. The van der Waals surface area contributed by atoms with E-state index in [4.69, 9.17) is 0 Å². The Balaban J connectivity index is 1.75. The van der Waals surface area contributed by atoms with E-state index in [0.717, 1.165) is 22.5 Å². The molecule has 124 valence electrons. The van der Waals surface area contributed by atoms with Crippen LogP contribution in [0.3, 0.4) is 0 Å². The first-order valence-corrected chi connectivity index (χ1v) is 7.79. The highest BCUT2D eigenvalue weighted by Crippen LogP contribution is 2.25. The predicted molar refractivity (Wildman–Crippen MR) is 96.5 cm³/mol. The van der Waals surface area contributed by atoms with Gasteiger partial charge in [0.15, 0.2) is 0 Å². The molecule has 1 aromatic heterocycles. The minimum Gasteiger partial charge on any atom is -0.320 e. The predicted octanol–water partition coefficient (Wildman–Crippen LogP) is 4.76. The van der Waals surface area contributed by atoms with Gasteiger partial charge in [0, 0.05) is 18.1 Å². The molecule has 0 bridgehead atoms. The third kappa shape index (κ3) is 4.11. The van der Waals surface area contributed by atoms with Crippen molar-refractivity contribution in [2.45, 2.75) is 13.8 Å². The van der Waals surface area contributed by atoms with E-state index in [1.807, 2.05) is 44.2 Å². The van der Waals surface area contributed by atoms with Crippen molar-refractivity contribution in [1.82, 2.24) is 9.97 Å². The van der Waals surface area contributed by atoms with Crippen molar-refractivity contribution in [3.05, 3.63) is 77.9 Å². The average Bonchev–Trinajstić information content (AvgIpc) is 2.64. The van der Waals surface area contributed by atoms with E-state index in [2.05, 4.69) is 25.5 Å². The third-order valence-electron chi connectivity index (χ3n) is 3.64. The minimum atomic E-state index is -0.300. The fraction of sp³-hybridized carbons (Fsp3) is 0.105. The molecule has 0 saturated heterocycles. The van der Waals surface area contributed by atoms with Gasteiger partial charge in [0.1, 0.15) is 5.69 Å². The van der Waals surface area contributed by atoms with Gasteiger partial charge >= 0.3 is 0 Å². The normalized spacial score (nSPS) is 10.8. The van der Waals surface area contributed by atoms with Gasteiger partial charge < -0.3 is 5.32 Å². The minimum absolute atomic E-state index is 0.269. The molecule has 1 amide bonds. The summed E-state index contributed by atoms with van der Waals surface area (Å²) in [4.78, 5) is 20.0. The molecule has 0 saturated carbocycles. The van der Waals surface area contributed by atoms with Crippen LogP contribution in [0.5, 0.6) is 0 Å². The number of amides is 1. The zero-order chi connectivity index (χ0) is 17.6. The summed E-state index contributed by atoms with van der Waals surface area (Å²) in [5.41, 5.74) is 4.48. The van der Waals surface area contributed by atoms with E-state index >= 15 is 0 Å². The maximum atomic E-state index is 12.1. The summed E-state index contributed by atoms with van der Waals surface area (Å²) in [6.07, 6.45) is 4.43. The Morgan fingerprint density at radius 2 is 1.84 bits per heavy atom. The molecule has 25 heavy (non-hydrogen) atoms. The summed E-state index contributed by atoms with van der Waals surface area (Å²) in [5, 5.41) is 11.4. The zero-order valence-electron chi connectivity index (χ0n) is 14.0. The molecular formula is C19H17N5O. The van der Waals surface area contributed by atoms with Crippen molar-refractivity contribution in [2.75, 3.05) is 5.32 Å². The highest BCUT2D eigenvalue weighted by molar-refractivity contribution is 6.03. The lowest BCUT2D eigenvalue weighted by Crippen LogP contribution is -2.14. The van der Waals surface area contributed by atoms with Crippen LogP contribution in [-0.4, -0.2) is 15.9 Å². The molecule has 0 aliphatic rings. The summed E-state index contributed by atoms with van der Waals surface area (Å²) in [6, 6.07) is 13.3. The van der Waals surface area contributed by atoms with E-state index in [1.165, 1.54) is 18.6 Å². The smallest absolute Gasteiger partial charge is 0.275 e. The fourth-order valence-corrected chi connectivity index (χ4v) is 2.24. The van der Waals surface area contributed by atoms with E-state index in [1.54, 1.807) is 12.1 Å². The summed E-state index contributed by atoms with van der Waals surface area (Å²) >= 11 is 0. The fourth-order valence-electron chi connectivity index (χ4n) is 2.24. The van der Waals surface area contributed by atoms with Crippen molar-refractivity contribution in [1.29, 1.82) is 0 Å². The Hall–Kier alpha value is -3.41. The lowest BCUT2D eigenvalue weighted by atomic mass is 10.1. The second kappa shape index (κ2) is 7.44. The van der Waals surface area contributed by atoms with Crippen LogP contribution in [0.15, 0.2) is 71.3 Å². The molecule has 0 atom stereocenters. The van der Waals surface area contributed by atoms with Crippen molar-refractivity contribution >= 4 is 23.0 Å². The van der Waals surface area contributed by atoms with Crippen LogP contribution < -0.4 is 5.32 Å². The molecule has 0 unspecified atom stereocenters. The van der Waals surface area contributed by atoms with Gasteiger partial charge in [0.25, 0.3) is 5.91 Å². The molecule has 0 aliphatic carbocycles. The molecular weight excluding hydrogens is 314 g/mol. The van der Waals surface area contributed by atoms with Gasteiger partial charge in [-0.15, -0.1) is 0 Å². The number of carbonyl (C=O) groups excluding carboxylic acids is 1. The molecule has 1 N–H and O–H groups in total. The van der Waals surface area contributed by atoms with Crippen molar-refractivity contribution in [3.63, 3.8) is 0 Å². The number of hydrogen-bond donors (Lipinski definition) is 1. The molecule has 1 heterocycles. The lowest BCUT2D eigenvalue weighted by Gasteiger charge is -2.08. The summed E-state index contributed by atoms with van der Waals surface area (Å²) in [6.45, 7) is 3.89. The van der Waals surface area contributed by atoms with E-state index in [0.29, 0.717) is 5.69 Å².